The predicted molar refractivity (Wildman–Crippen MR) is 129 cm³/mol. The molecule has 0 spiro atoms. The Balaban J connectivity index is 1.25. The number of anilines is 1. The Labute approximate surface area is 216 Å². The van der Waals surface area contributed by atoms with E-state index in [1.807, 2.05) is 23.1 Å². The molecule has 196 valence electrons. The van der Waals surface area contributed by atoms with Crippen LogP contribution in [-0.4, -0.2) is 54.9 Å². The maximum atomic E-state index is 13.6. The molecule has 4 heterocycles. The molecule has 0 amide bonds. The average molecular weight is 536 g/mol. The molecular weight excluding hydrogens is 510 g/mol. The summed E-state index contributed by atoms with van der Waals surface area (Å²) in [7, 11) is 0. The molecule has 1 saturated carbocycles. The molecule has 1 saturated heterocycles. The SMILES string of the molecule is Cc1nc(N2CCC(c3nnc4n3-c3ccc(Cl)cc3CN(C3CC(C(F)(F)F)C3)C4)CC2)ncc1F. The summed E-state index contributed by atoms with van der Waals surface area (Å²) < 4.78 is 55.1. The van der Waals surface area contributed by atoms with Crippen molar-refractivity contribution < 1.29 is 17.6 Å². The van der Waals surface area contributed by atoms with E-state index in [2.05, 4.69) is 29.6 Å². The smallest absolute Gasteiger partial charge is 0.341 e. The highest BCUT2D eigenvalue weighted by Gasteiger charge is 2.49. The largest absolute Gasteiger partial charge is 0.391 e. The fraction of sp³-hybridized carbons (Fsp3) is 0.520. The van der Waals surface area contributed by atoms with Crippen LogP contribution in [0.5, 0.6) is 0 Å². The number of hydrogen-bond donors (Lipinski definition) is 0. The van der Waals surface area contributed by atoms with E-state index in [-0.39, 0.29) is 24.8 Å². The normalized spacial score (nSPS) is 22.8. The van der Waals surface area contributed by atoms with Crippen molar-refractivity contribution >= 4 is 17.5 Å². The summed E-state index contributed by atoms with van der Waals surface area (Å²) in [5.74, 6) is 0.558. The summed E-state index contributed by atoms with van der Waals surface area (Å²) in [5, 5.41) is 9.67. The van der Waals surface area contributed by atoms with Gasteiger partial charge in [-0.25, -0.2) is 14.4 Å². The zero-order valence-corrected chi connectivity index (χ0v) is 21.0. The summed E-state index contributed by atoms with van der Waals surface area (Å²) in [6, 6.07) is 5.50. The Morgan fingerprint density at radius 1 is 1.05 bits per heavy atom. The van der Waals surface area contributed by atoms with Gasteiger partial charge in [-0.3, -0.25) is 9.47 Å². The monoisotopic (exact) mass is 535 g/mol. The van der Waals surface area contributed by atoms with Crippen molar-refractivity contribution in [3.05, 3.63) is 58.1 Å². The predicted octanol–water partition coefficient (Wildman–Crippen LogP) is 5.20. The Hall–Kier alpha value is -2.79. The van der Waals surface area contributed by atoms with E-state index < -0.39 is 17.9 Å². The van der Waals surface area contributed by atoms with Crippen molar-refractivity contribution in [2.45, 2.75) is 63.8 Å². The Kier molecular flexibility index (Phi) is 6.10. The summed E-state index contributed by atoms with van der Waals surface area (Å²) in [4.78, 5) is 12.6. The first kappa shape index (κ1) is 24.5. The second kappa shape index (κ2) is 9.20. The molecule has 2 aliphatic heterocycles. The fourth-order valence-corrected chi connectivity index (χ4v) is 5.85. The van der Waals surface area contributed by atoms with Crippen molar-refractivity contribution in [3.8, 4) is 5.69 Å². The number of rotatable bonds is 3. The van der Waals surface area contributed by atoms with Crippen LogP contribution in [0.25, 0.3) is 5.69 Å². The lowest BCUT2D eigenvalue weighted by Crippen LogP contribution is -2.48. The number of halogens is 5. The molecule has 6 rings (SSSR count). The molecule has 7 nitrogen and oxygen atoms in total. The molecule has 3 aromatic rings. The van der Waals surface area contributed by atoms with Gasteiger partial charge < -0.3 is 4.90 Å². The molecule has 2 fully saturated rings. The van der Waals surface area contributed by atoms with E-state index in [0.29, 0.717) is 42.8 Å². The van der Waals surface area contributed by atoms with E-state index in [1.165, 1.54) is 6.20 Å². The lowest BCUT2D eigenvalue weighted by molar-refractivity contribution is -0.207. The van der Waals surface area contributed by atoms with Crippen LogP contribution in [0.4, 0.5) is 23.5 Å². The van der Waals surface area contributed by atoms with Crippen LogP contribution in [0.1, 0.15) is 54.5 Å². The van der Waals surface area contributed by atoms with E-state index in [9.17, 15) is 17.6 Å². The highest BCUT2D eigenvalue weighted by Crippen LogP contribution is 2.45. The molecule has 3 aliphatic rings. The molecule has 37 heavy (non-hydrogen) atoms. The van der Waals surface area contributed by atoms with Gasteiger partial charge in [0.15, 0.2) is 11.6 Å². The quantitative estimate of drug-likeness (QED) is 0.430. The lowest BCUT2D eigenvalue weighted by Gasteiger charge is -2.43. The number of aromatic nitrogens is 5. The van der Waals surface area contributed by atoms with Crippen molar-refractivity contribution in [2.24, 2.45) is 5.92 Å². The van der Waals surface area contributed by atoms with E-state index >= 15 is 0 Å². The first-order valence-electron chi connectivity index (χ1n) is 12.4. The third-order valence-corrected chi connectivity index (χ3v) is 8.13. The van der Waals surface area contributed by atoms with Crippen LogP contribution < -0.4 is 4.90 Å². The van der Waals surface area contributed by atoms with Gasteiger partial charge in [-0.2, -0.15) is 13.2 Å². The molecule has 12 heteroatoms. The molecule has 1 aromatic carbocycles. The number of benzene rings is 1. The Bertz CT molecular complexity index is 1310. The molecule has 0 atom stereocenters. The number of nitrogens with zero attached hydrogens (tertiary/aromatic N) is 7. The van der Waals surface area contributed by atoms with Crippen LogP contribution in [-0.2, 0) is 13.1 Å². The average Bonchev–Trinajstić information content (AvgIpc) is 3.15. The van der Waals surface area contributed by atoms with Crippen molar-refractivity contribution in [3.63, 3.8) is 0 Å². The van der Waals surface area contributed by atoms with Crippen LogP contribution in [0.15, 0.2) is 24.4 Å². The van der Waals surface area contributed by atoms with Gasteiger partial charge in [0, 0.05) is 36.6 Å². The number of hydrogen-bond acceptors (Lipinski definition) is 6. The van der Waals surface area contributed by atoms with Crippen molar-refractivity contribution in [1.29, 1.82) is 0 Å². The molecule has 0 unspecified atom stereocenters. The van der Waals surface area contributed by atoms with Crippen LogP contribution in [0.3, 0.4) is 0 Å². The maximum absolute atomic E-state index is 13.6. The second-order valence-electron chi connectivity index (χ2n) is 10.2. The number of alkyl halides is 3. The van der Waals surface area contributed by atoms with Gasteiger partial charge in [0.2, 0.25) is 5.95 Å². The van der Waals surface area contributed by atoms with E-state index in [0.717, 1.165) is 35.7 Å². The summed E-state index contributed by atoms with van der Waals surface area (Å²) in [6.45, 7) is 3.94. The second-order valence-corrected chi connectivity index (χ2v) is 10.7. The summed E-state index contributed by atoms with van der Waals surface area (Å²) in [6.07, 6.45) is -1.16. The van der Waals surface area contributed by atoms with E-state index in [1.54, 1.807) is 6.92 Å². The van der Waals surface area contributed by atoms with Gasteiger partial charge in [-0.1, -0.05) is 11.6 Å². The highest BCUT2D eigenvalue weighted by molar-refractivity contribution is 6.30. The van der Waals surface area contributed by atoms with Crippen LogP contribution >= 0.6 is 11.6 Å². The number of fused-ring (bicyclic) bond motifs is 3. The Morgan fingerprint density at radius 3 is 2.51 bits per heavy atom. The molecule has 0 radical (unpaired) electrons. The van der Waals surface area contributed by atoms with E-state index in [4.69, 9.17) is 11.6 Å². The van der Waals surface area contributed by atoms with Gasteiger partial charge >= 0.3 is 6.18 Å². The van der Waals surface area contributed by atoms with Gasteiger partial charge in [0.1, 0.15) is 5.82 Å². The van der Waals surface area contributed by atoms with Crippen molar-refractivity contribution in [2.75, 3.05) is 18.0 Å². The molecule has 0 bridgehead atoms. The minimum atomic E-state index is -4.15. The molecule has 2 aromatic heterocycles. The summed E-state index contributed by atoms with van der Waals surface area (Å²) >= 11 is 6.32. The zero-order chi connectivity index (χ0) is 25.9. The minimum absolute atomic E-state index is 0.101. The standard InChI is InChI=1S/C25H26ClF4N7/c1-14-20(27)11-31-24(32-14)35-6-4-15(5-7-35)23-34-33-22-13-36(19-9-17(10-19)25(28,29)30)12-16-8-18(26)2-3-21(16)37(22)23/h2-3,8,11,15,17,19H,4-7,9-10,12-13H2,1H3. The number of piperidine rings is 1. The van der Waals surface area contributed by atoms with Gasteiger partial charge in [0.25, 0.3) is 0 Å². The zero-order valence-electron chi connectivity index (χ0n) is 20.2. The van der Waals surface area contributed by atoms with Crippen molar-refractivity contribution in [1.82, 2.24) is 29.6 Å². The number of aryl methyl sites for hydroxylation is 1. The van der Waals surface area contributed by atoms with Crippen LogP contribution in [0.2, 0.25) is 5.02 Å². The first-order chi connectivity index (χ1) is 17.7. The van der Waals surface area contributed by atoms with Gasteiger partial charge in [-0.05, 0) is 56.4 Å². The van der Waals surface area contributed by atoms with Crippen LogP contribution in [0, 0.1) is 18.7 Å². The van der Waals surface area contributed by atoms with Gasteiger partial charge in [-0.15, -0.1) is 10.2 Å². The minimum Gasteiger partial charge on any atom is -0.341 e. The maximum Gasteiger partial charge on any atom is 0.391 e. The topological polar surface area (TPSA) is 63.0 Å². The molecule has 0 N–H and O–H groups in total. The Morgan fingerprint density at radius 2 is 1.81 bits per heavy atom. The third-order valence-electron chi connectivity index (χ3n) is 7.90. The lowest BCUT2D eigenvalue weighted by atomic mass is 9.78. The first-order valence-corrected chi connectivity index (χ1v) is 12.8. The highest BCUT2D eigenvalue weighted by atomic mass is 35.5. The molecular formula is C25H26ClF4N7. The fourth-order valence-electron chi connectivity index (χ4n) is 5.66. The molecule has 1 aliphatic carbocycles. The summed E-state index contributed by atoms with van der Waals surface area (Å²) in [5.41, 5.74) is 2.20. The third kappa shape index (κ3) is 4.56. The van der Waals surface area contributed by atoms with Gasteiger partial charge in [0.05, 0.1) is 30.0 Å².